The van der Waals surface area contributed by atoms with Crippen molar-refractivity contribution in [1.82, 2.24) is 4.90 Å². The topological polar surface area (TPSA) is 12.5 Å². The molecule has 0 saturated carbocycles. The molecule has 2 aromatic rings. The van der Waals surface area contributed by atoms with E-state index in [1.165, 1.54) is 11.1 Å². The van der Waals surface area contributed by atoms with Crippen molar-refractivity contribution < 1.29 is 4.74 Å². The van der Waals surface area contributed by atoms with Crippen LogP contribution in [0.15, 0.2) is 60.7 Å². The lowest BCUT2D eigenvalue weighted by Crippen LogP contribution is -2.39. The highest BCUT2D eigenvalue weighted by molar-refractivity contribution is 5.31. The lowest BCUT2D eigenvalue weighted by molar-refractivity contribution is 0.00172. The maximum Gasteiger partial charge on any atom is 0.0601 e. The van der Waals surface area contributed by atoms with Gasteiger partial charge in [-0.25, -0.2) is 0 Å². The summed E-state index contributed by atoms with van der Waals surface area (Å²) >= 11 is 0. The van der Waals surface area contributed by atoms with Crippen molar-refractivity contribution in [2.24, 2.45) is 0 Å². The first kappa shape index (κ1) is 16.2. The quantitative estimate of drug-likeness (QED) is 0.769. The Kier molecular flexibility index (Phi) is 5.84. The minimum atomic E-state index is 0.351. The van der Waals surface area contributed by atoms with Gasteiger partial charge < -0.3 is 4.74 Å². The van der Waals surface area contributed by atoms with E-state index in [1.807, 2.05) is 0 Å². The van der Waals surface area contributed by atoms with Crippen LogP contribution < -0.4 is 0 Å². The normalized spacial score (nSPS) is 16.8. The van der Waals surface area contributed by atoms with Gasteiger partial charge in [-0.05, 0) is 30.4 Å². The molecule has 1 aliphatic heterocycles. The van der Waals surface area contributed by atoms with Crippen molar-refractivity contribution in [1.29, 1.82) is 0 Å². The van der Waals surface area contributed by atoms with Gasteiger partial charge in [0.25, 0.3) is 0 Å². The average Bonchev–Trinajstić information content (AvgIpc) is 2.63. The maximum atomic E-state index is 5.94. The summed E-state index contributed by atoms with van der Waals surface area (Å²) in [5.74, 6) is 0. The second-order valence-electron chi connectivity index (χ2n) is 6.33. The summed E-state index contributed by atoms with van der Waals surface area (Å²) in [5, 5.41) is 0. The Hall–Kier alpha value is -1.64. The molecule has 2 aromatic carbocycles. The summed E-state index contributed by atoms with van der Waals surface area (Å²) in [6.07, 6.45) is 3.82. The third kappa shape index (κ3) is 4.21. The Labute approximate surface area is 140 Å². The maximum absolute atomic E-state index is 5.94. The number of likely N-dealkylation sites (tertiary alicyclic amines) is 1. The smallest absolute Gasteiger partial charge is 0.0601 e. The van der Waals surface area contributed by atoms with Gasteiger partial charge in [-0.1, -0.05) is 67.6 Å². The van der Waals surface area contributed by atoms with Crippen molar-refractivity contribution in [2.75, 3.05) is 19.7 Å². The van der Waals surface area contributed by atoms with Crippen LogP contribution >= 0.6 is 0 Å². The molecule has 0 aromatic heterocycles. The summed E-state index contributed by atoms with van der Waals surface area (Å²) in [7, 11) is 0. The van der Waals surface area contributed by atoms with Gasteiger partial charge in [0.15, 0.2) is 0 Å². The summed E-state index contributed by atoms with van der Waals surface area (Å²) in [4.78, 5) is 2.61. The van der Waals surface area contributed by atoms with E-state index in [0.29, 0.717) is 12.1 Å². The molecule has 0 atom stereocenters. The molecule has 3 rings (SSSR count). The molecule has 0 spiro atoms. The van der Waals surface area contributed by atoms with Crippen molar-refractivity contribution in [3.63, 3.8) is 0 Å². The molecule has 2 heteroatoms. The Morgan fingerprint density at radius 1 is 0.913 bits per heavy atom. The lowest BCUT2D eigenvalue weighted by atomic mass is 9.94. The second kappa shape index (κ2) is 8.28. The molecule has 0 bridgehead atoms. The molecule has 1 aliphatic rings. The van der Waals surface area contributed by atoms with E-state index >= 15 is 0 Å². The minimum absolute atomic E-state index is 0.351. The number of hydrogen-bond acceptors (Lipinski definition) is 2. The standard InChI is InChI=1S/C21H27NO/c1-2-17-23-20-13-15-22(16-14-20)21(18-9-5-3-6-10-18)19-11-7-4-8-12-19/h3-12,20-21H,2,13-17H2,1H3. The van der Waals surface area contributed by atoms with Gasteiger partial charge in [0.2, 0.25) is 0 Å². The first-order valence-corrected chi connectivity index (χ1v) is 8.84. The molecule has 0 aliphatic carbocycles. The van der Waals surface area contributed by atoms with Crippen molar-refractivity contribution in [2.45, 2.75) is 38.3 Å². The zero-order valence-electron chi connectivity index (χ0n) is 14.0. The molecule has 1 fully saturated rings. The summed E-state index contributed by atoms with van der Waals surface area (Å²) < 4.78 is 5.94. The van der Waals surface area contributed by atoms with Crippen LogP contribution in [0.3, 0.4) is 0 Å². The monoisotopic (exact) mass is 309 g/mol. The second-order valence-corrected chi connectivity index (χ2v) is 6.33. The number of rotatable bonds is 6. The fourth-order valence-corrected chi connectivity index (χ4v) is 3.47. The molecule has 1 saturated heterocycles. The van der Waals surface area contributed by atoms with Crippen LogP contribution in [0.1, 0.15) is 43.4 Å². The van der Waals surface area contributed by atoms with Crippen LogP contribution in [0.4, 0.5) is 0 Å². The Bertz CT molecular complexity index is 521. The van der Waals surface area contributed by atoms with E-state index in [2.05, 4.69) is 72.5 Å². The van der Waals surface area contributed by atoms with Gasteiger partial charge in [-0.3, -0.25) is 4.90 Å². The summed E-state index contributed by atoms with van der Waals surface area (Å²) in [6.45, 7) is 5.27. The Morgan fingerprint density at radius 3 is 1.91 bits per heavy atom. The average molecular weight is 309 g/mol. The number of ether oxygens (including phenoxy) is 1. The fourth-order valence-electron chi connectivity index (χ4n) is 3.47. The predicted molar refractivity (Wildman–Crippen MR) is 95.6 cm³/mol. The largest absolute Gasteiger partial charge is 0.378 e. The van der Waals surface area contributed by atoms with Gasteiger partial charge in [-0.2, -0.15) is 0 Å². The number of benzene rings is 2. The highest BCUT2D eigenvalue weighted by Gasteiger charge is 2.27. The van der Waals surface area contributed by atoms with Crippen LogP contribution in [0.5, 0.6) is 0 Å². The first-order chi connectivity index (χ1) is 11.4. The fraction of sp³-hybridized carbons (Fsp3) is 0.429. The van der Waals surface area contributed by atoms with E-state index < -0.39 is 0 Å². The zero-order chi connectivity index (χ0) is 15.9. The van der Waals surface area contributed by atoms with Gasteiger partial charge >= 0.3 is 0 Å². The Balaban J connectivity index is 1.75. The first-order valence-electron chi connectivity index (χ1n) is 8.84. The van der Waals surface area contributed by atoms with Crippen molar-refractivity contribution >= 4 is 0 Å². The van der Waals surface area contributed by atoms with E-state index in [9.17, 15) is 0 Å². The van der Waals surface area contributed by atoms with Crippen LogP contribution in [-0.2, 0) is 4.74 Å². The number of nitrogens with zero attached hydrogens (tertiary/aromatic N) is 1. The molecular formula is C21H27NO. The van der Waals surface area contributed by atoms with Crippen LogP contribution in [0, 0.1) is 0 Å². The molecule has 122 valence electrons. The van der Waals surface area contributed by atoms with Crippen molar-refractivity contribution in [3.8, 4) is 0 Å². The molecule has 1 heterocycles. The third-order valence-electron chi connectivity index (χ3n) is 4.63. The summed E-state index contributed by atoms with van der Waals surface area (Å²) in [6, 6.07) is 22.1. The SMILES string of the molecule is CCCOC1CCN(C(c2ccccc2)c2ccccc2)CC1. The minimum Gasteiger partial charge on any atom is -0.378 e. The van der Waals surface area contributed by atoms with E-state index in [1.54, 1.807) is 0 Å². The molecule has 2 nitrogen and oxygen atoms in total. The molecule has 0 N–H and O–H groups in total. The number of hydrogen-bond donors (Lipinski definition) is 0. The molecule has 23 heavy (non-hydrogen) atoms. The molecule has 0 unspecified atom stereocenters. The predicted octanol–water partition coefficient (Wildman–Crippen LogP) is 4.67. The van der Waals surface area contributed by atoms with Gasteiger partial charge in [0, 0.05) is 19.7 Å². The molecule has 0 radical (unpaired) electrons. The molecular weight excluding hydrogens is 282 g/mol. The molecule has 0 amide bonds. The van der Waals surface area contributed by atoms with Crippen LogP contribution in [-0.4, -0.2) is 30.7 Å². The third-order valence-corrected chi connectivity index (χ3v) is 4.63. The van der Waals surface area contributed by atoms with Gasteiger partial charge in [-0.15, -0.1) is 0 Å². The van der Waals surface area contributed by atoms with Gasteiger partial charge in [0.1, 0.15) is 0 Å². The van der Waals surface area contributed by atoms with Crippen LogP contribution in [0.25, 0.3) is 0 Å². The number of piperidine rings is 1. The Morgan fingerprint density at radius 2 is 1.43 bits per heavy atom. The zero-order valence-corrected chi connectivity index (χ0v) is 14.0. The van der Waals surface area contributed by atoms with Gasteiger partial charge in [0.05, 0.1) is 12.1 Å². The lowest BCUT2D eigenvalue weighted by Gasteiger charge is -2.38. The highest BCUT2D eigenvalue weighted by Crippen LogP contribution is 2.31. The van der Waals surface area contributed by atoms with Crippen molar-refractivity contribution in [3.05, 3.63) is 71.8 Å². The summed E-state index contributed by atoms with van der Waals surface area (Å²) in [5.41, 5.74) is 2.76. The highest BCUT2D eigenvalue weighted by atomic mass is 16.5. The van der Waals surface area contributed by atoms with E-state index in [0.717, 1.165) is 39.0 Å². The van der Waals surface area contributed by atoms with E-state index in [-0.39, 0.29) is 0 Å². The van der Waals surface area contributed by atoms with E-state index in [4.69, 9.17) is 4.74 Å². The van der Waals surface area contributed by atoms with Crippen LogP contribution in [0.2, 0.25) is 0 Å².